The number of unbranched alkanes of at least 4 members (excludes halogenated alkanes) is 1. The number of sulfonamides is 1. The summed E-state index contributed by atoms with van der Waals surface area (Å²) in [5, 5.41) is 8.93. The van der Waals surface area contributed by atoms with Crippen molar-refractivity contribution in [3.8, 4) is 11.9 Å². The van der Waals surface area contributed by atoms with Gasteiger partial charge in [-0.1, -0.05) is 13.3 Å². The molecule has 0 unspecified atom stereocenters. The molecule has 0 radical (unpaired) electrons. The Kier molecular flexibility index (Phi) is 5.09. The third-order valence-corrected chi connectivity index (χ3v) is 5.23. The van der Waals surface area contributed by atoms with E-state index in [1.807, 2.05) is 13.0 Å². The van der Waals surface area contributed by atoms with Crippen molar-refractivity contribution in [2.75, 3.05) is 18.8 Å². The van der Waals surface area contributed by atoms with Crippen molar-refractivity contribution in [3.63, 3.8) is 0 Å². The molecule has 0 aliphatic carbocycles. The third-order valence-electron chi connectivity index (χ3n) is 3.31. The molecule has 0 bridgehead atoms. The monoisotopic (exact) mass is 310 g/mol. The molecule has 2 rings (SSSR count). The highest BCUT2D eigenvalue weighted by atomic mass is 32.2. The summed E-state index contributed by atoms with van der Waals surface area (Å²) in [6.45, 7) is 2.70. The Labute approximate surface area is 124 Å². The Balaban J connectivity index is 1.99. The van der Waals surface area contributed by atoms with Gasteiger partial charge in [0.2, 0.25) is 15.7 Å². The standard InChI is InChI=1S/C13H18N4O3S/c1-2-3-8-21(18,19)17-7-4-11(10-17)20-13-12(9-14)15-5-6-16-13/h5-6,11H,2-4,7-8,10H2,1H3/t11-/m1/s1. The Morgan fingerprint density at radius 3 is 2.95 bits per heavy atom. The van der Waals surface area contributed by atoms with E-state index in [-0.39, 0.29) is 23.4 Å². The lowest BCUT2D eigenvalue weighted by molar-refractivity contribution is 0.205. The molecule has 1 atom stereocenters. The lowest BCUT2D eigenvalue weighted by Gasteiger charge is -2.16. The molecule has 7 nitrogen and oxygen atoms in total. The molecular weight excluding hydrogens is 292 g/mol. The van der Waals surface area contributed by atoms with Gasteiger partial charge in [-0.25, -0.2) is 18.4 Å². The van der Waals surface area contributed by atoms with Crippen molar-refractivity contribution in [1.82, 2.24) is 14.3 Å². The molecule has 1 aromatic heterocycles. The summed E-state index contributed by atoms with van der Waals surface area (Å²) in [7, 11) is -3.21. The molecule has 1 aliphatic rings. The van der Waals surface area contributed by atoms with Crippen LogP contribution in [0.4, 0.5) is 0 Å². The molecule has 1 aromatic rings. The number of ether oxygens (including phenoxy) is 1. The first-order chi connectivity index (χ1) is 10.1. The fourth-order valence-electron chi connectivity index (χ4n) is 2.15. The van der Waals surface area contributed by atoms with Crippen LogP contribution in [-0.2, 0) is 10.0 Å². The Hall–Kier alpha value is -1.72. The van der Waals surface area contributed by atoms with Crippen LogP contribution in [0.25, 0.3) is 0 Å². The van der Waals surface area contributed by atoms with E-state index in [1.54, 1.807) is 0 Å². The summed E-state index contributed by atoms with van der Waals surface area (Å²) in [4.78, 5) is 7.84. The van der Waals surface area contributed by atoms with E-state index < -0.39 is 10.0 Å². The van der Waals surface area contributed by atoms with Crippen LogP contribution < -0.4 is 4.74 Å². The van der Waals surface area contributed by atoms with Gasteiger partial charge >= 0.3 is 0 Å². The number of hydrogen-bond acceptors (Lipinski definition) is 6. The van der Waals surface area contributed by atoms with Gasteiger partial charge in [0.25, 0.3) is 5.88 Å². The van der Waals surface area contributed by atoms with Crippen LogP contribution in [0.1, 0.15) is 31.9 Å². The quantitative estimate of drug-likeness (QED) is 0.775. The van der Waals surface area contributed by atoms with Gasteiger partial charge in [-0.15, -0.1) is 0 Å². The molecule has 0 spiro atoms. The van der Waals surface area contributed by atoms with Crippen molar-refractivity contribution in [1.29, 1.82) is 5.26 Å². The molecule has 1 aliphatic heterocycles. The zero-order valence-electron chi connectivity index (χ0n) is 11.9. The third kappa shape index (κ3) is 3.89. The fraction of sp³-hybridized carbons (Fsp3) is 0.615. The minimum Gasteiger partial charge on any atom is -0.471 e. The maximum absolute atomic E-state index is 12.1. The first-order valence-corrected chi connectivity index (χ1v) is 8.53. The SMILES string of the molecule is CCCCS(=O)(=O)N1CC[C@@H](Oc2nccnc2C#N)C1. The van der Waals surface area contributed by atoms with Gasteiger partial charge in [-0.05, 0) is 12.8 Å². The second-order valence-electron chi connectivity index (χ2n) is 4.88. The van der Waals surface area contributed by atoms with Gasteiger partial charge < -0.3 is 4.74 Å². The lowest BCUT2D eigenvalue weighted by atomic mass is 10.3. The smallest absolute Gasteiger partial charge is 0.251 e. The first-order valence-electron chi connectivity index (χ1n) is 6.92. The van der Waals surface area contributed by atoms with Crippen molar-refractivity contribution in [2.45, 2.75) is 32.3 Å². The summed E-state index contributed by atoms with van der Waals surface area (Å²) >= 11 is 0. The topological polar surface area (TPSA) is 96.2 Å². The van der Waals surface area contributed by atoms with E-state index in [9.17, 15) is 8.42 Å². The summed E-state index contributed by atoms with van der Waals surface area (Å²) in [5.41, 5.74) is 0.116. The van der Waals surface area contributed by atoms with Crippen LogP contribution in [-0.4, -0.2) is 47.6 Å². The van der Waals surface area contributed by atoms with Gasteiger partial charge in [0.05, 0.1) is 12.3 Å². The maximum Gasteiger partial charge on any atom is 0.251 e. The highest BCUT2D eigenvalue weighted by Gasteiger charge is 2.32. The summed E-state index contributed by atoms with van der Waals surface area (Å²) < 4.78 is 31.3. The number of nitriles is 1. The Bertz CT molecular complexity index is 627. The second kappa shape index (κ2) is 6.83. The highest BCUT2D eigenvalue weighted by molar-refractivity contribution is 7.89. The second-order valence-corrected chi connectivity index (χ2v) is 6.97. The number of rotatable bonds is 6. The predicted octanol–water partition coefficient (Wildman–Crippen LogP) is 0.931. The summed E-state index contributed by atoms with van der Waals surface area (Å²) in [5.74, 6) is 0.336. The van der Waals surface area contributed by atoms with E-state index in [1.165, 1.54) is 16.7 Å². The molecular formula is C13H18N4O3S. The zero-order valence-corrected chi connectivity index (χ0v) is 12.7. The maximum atomic E-state index is 12.1. The minimum absolute atomic E-state index is 0.116. The molecule has 0 aromatic carbocycles. The van der Waals surface area contributed by atoms with Crippen molar-refractivity contribution >= 4 is 10.0 Å². The number of nitrogens with zero attached hydrogens (tertiary/aromatic N) is 4. The van der Waals surface area contributed by atoms with Crippen molar-refractivity contribution in [2.24, 2.45) is 0 Å². The molecule has 2 heterocycles. The molecule has 114 valence electrons. The Morgan fingerprint density at radius 2 is 2.24 bits per heavy atom. The van der Waals surface area contributed by atoms with E-state index in [0.29, 0.717) is 25.9 Å². The van der Waals surface area contributed by atoms with Crippen LogP contribution in [0.2, 0.25) is 0 Å². The number of hydrogen-bond donors (Lipinski definition) is 0. The van der Waals surface area contributed by atoms with Crippen LogP contribution in [0.3, 0.4) is 0 Å². The molecule has 8 heteroatoms. The molecule has 0 saturated carbocycles. The van der Waals surface area contributed by atoms with Gasteiger partial charge in [0, 0.05) is 18.9 Å². The van der Waals surface area contributed by atoms with Gasteiger partial charge in [0.1, 0.15) is 12.2 Å². The minimum atomic E-state index is -3.21. The van der Waals surface area contributed by atoms with Crippen LogP contribution >= 0.6 is 0 Å². The van der Waals surface area contributed by atoms with Gasteiger partial charge in [-0.2, -0.15) is 9.57 Å². The predicted molar refractivity (Wildman–Crippen MR) is 76.0 cm³/mol. The Morgan fingerprint density at radius 1 is 1.48 bits per heavy atom. The van der Waals surface area contributed by atoms with E-state index >= 15 is 0 Å². The van der Waals surface area contributed by atoms with Crippen molar-refractivity contribution < 1.29 is 13.2 Å². The molecule has 1 saturated heterocycles. The van der Waals surface area contributed by atoms with E-state index in [4.69, 9.17) is 10.00 Å². The van der Waals surface area contributed by atoms with E-state index in [0.717, 1.165) is 6.42 Å². The highest BCUT2D eigenvalue weighted by Crippen LogP contribution is 2.21. The first kappa shape index (κ1) is 15.7. The normalized spacial score (nSPS) is 19.3. The molecule has 0 N–H and O–H groups in total. The summed E-state index contributed by atoms with van der Waals surface area (Å²) in [6, 6.07) is 1.91. The van der Waals surface area contributed by atoms with Crippen LogP contribution in [0.15, 0.2) is 12.4 Å². The molecule has 0 amide bonds. The van der Waals surface area contributed by atoms with Gasteiger partial charge in [0.15, 0.2) is 0 Å². The molecule has 21 heavy (non-hydrogen) atoms. The summed E-state index contributed by atoms with van der Waals surface area (Å²) in [6.07, 6.45) is 4.67. The lowest BCUT2D eigenvalue weighted by Crippen LogP contribution is -2.33. The fourth-order valence-corrected chi connectivity index (χ4v) is 3.84. The van der Waals surface area contributed by atoms with Crippen LogP contribution in [0.5, 0.6) is 5.88 Å². The largest absolute Gasteiger partial charge is 0.471 e. The average Bonchev–Trinajstić information content (AvgIpc) is 2.95. The zero-order chi connectivity index (χ0) is 15.3. The van der Waals surface area contributed by atoms with E-state index in [2.05, 4.69) is 9.97 Å². The average molecular weight is 310 g/mol. The van der Waals surface area contributed by atoms with Crippen LogP contribution in [0, 0.1) is 11.3 Å². The van der Waals surface area contributed by atoms with Gasteiger partial charge in [-0.3, -0.25) is 0 Å². The molecule has 1 fully saturated rings. The number of aromatic nitrogens is 2. The van der Waals surface area contributed by atoms with Crippen molar-refractivity contribution in [3.05, 3.63) is 18.1 Å².